The quantitative estimate of drug-likeness (QED) is 0.464. The van der Waals surface area contributed by atoms with Crippen molar-refractivity contribution in [3.8, 4) is 6.07 Å². The summed E-state index contributed by atoms with van der Waals surface area (Å²) in [4.78, 5) is 0. The standard InChI is InChI=1S/C9H11N/c1-9(6-10)5-7-2-3-8(9)4-7/h2-3,7-8H,4-5H2,1H3/t7?,8-,9+/m0/s1. The molecule has 0 saturated heterocycles. The van der Waals surface area contributed by atoms with Gasteiger partial charge < -0.3 is 0 Å². The minimum absolute atomic E-state index is 0.0284. The van der Waals surface area contributed by atoms with Gasteiger partial charge in [0.25, 0.3) is 0 Å². The van der Waals surface area contributed by atoms with Gasteiger partial charge in [-0.2, -0.15) is 5.26 Å². The first kappa shape index (κ1) is 5.97. The smallest absolute Gasteiger partial charge is 0.0693 e. The fraction of sp³-hybridized carbons (Fsp3) is 0.667. The van der Waals surface area contributed by atoms with Gasteiger partial charge in [0, 0.05) is 0 Å². The van der Waals surface area contributed by atoms with Gasteiger partial charge in [-0.25, -0.2) is 0 Å². The molecular formula is C9H11N. The molecule has 1 nitrogen and oxygen atoms in total. The highest BCUT2D eigenvalue weighted by Gasteiger charge is 2.45. The number of rotatable bonds is 0. The molecule has 1 unspecified atom stereocenters. The van der Waals surface area contributed by atoms with E-state index in [4.69, 9.17) is 5.26 Å². The highest BCUT2D eigenvalue weighted by Crippen LogP contribution is 2.51. The van der Waals surface area contributed by atoms with E-state index in [-0.39, 0.29) is 5.41 Å². The van der Waals surface area contributed by atoms with Crippen molar-refractivity contribution in [1.29, 1.82) is 5.26 Å². The maximum atomic E-state index is 8.86. The molecule has 3 atom stereocenters. The summed E-state index contributed by atoms with van der Waals surface area (Å²) in [5.74, 6) is 1.28. The van der Waals surface area contributed by atoms with Gasteiger partial charge in [-0.15, -0.1) is 0 Å². The molecule has 0 aromatic heterocycles. The van der Waals surface area contributed by atoms with Crippen LogP contribution in [0, 0.1) is 28.6 Å². The van der Waals surface area contributed by atoms with Crippen molar-refractivity contribution in [3.63, 3.8) is 0 Å². The Labute approximate surface area is 61.4 Å². The van der Waals surface area contributed by atoms with Crippen LogP contribution in [-0.2, 0) is 0 Å². The summed E-state index contributed by atoms with van der Waals surface area (Å²) in [7, 11) is 0. The topological polar surface area (TPSA) is 23.8 Å². The summed E-state index contributed by atoms with van der Waals surface area (Å²) in [6.07, 6.45) is 6.80. The van der Waals surface area contributed by atoms with Crippen molar-refractivity contribution in [2.75, 3.05) is 0 Å². The lowest BCUT2D eigenvalue weighted by molar-refractivity contribution is 0.367. The number of hydrogen-bond donors (Lipinski definition) is 0. The Balaban J connectivity index is 2.33. The van der Waals surface area contributed by atoms with Gasteiger partial charge in [-0.1, -0.05) is 12.2 Å². The number of nitriles is 1. The third-order valence-electron chi connectivity index (χ3n) is 2.93. The van der Waals surface area contributed by atoms with Gasteiger partial charge in [0.15, 0.2) is 0 Å². The fourth-order valence-corrected chi connectivity index (χ4v) is 2.22. The summed E-state index contributed by atoms with van der Waals surface area (Å²) in [5, 5.41) is 8.86. The normalized spacial score (nSPS) is 49.6. The molecule has 0 N–H and O–H groups in total. The Kier molecular flexibility index (Phi) is 0.976. The average molecular weight is 133 g/mol. The minimum atomic E-state index is -0.0284. The van der Waals surface area contributed by atoms with E-state index in [0.717, 1.165) is 12.3 Å². The Morgan fingerprint density at radius 3 is 2.70 bits per heavy atom. The average Bonchev–Trinajstić information content (AvgIpc) is 2.46. The number of hydrogen-bond acceptors (Lipinski definition) is 1. The maximum absolute atomic E-state index is 8.86. The Morgan fingerprint density at radius 1 is 1.60 bits per heavy atom. The van der Waals surface area contributed by atoms with Crippen molar-refractivity contribution in [2.45, 2.75) is 19.8 Å². The summed E-state index contributed by atoms with van der Waals surface area (Å²) < 4.78 is 0. The molecule has 1 heteroatoms. The molecule has 1 saturated carbocycles. The van der Waals surface area contributed by atoms with Crippen LogP contribution in [0.25, 0.3) is 0 Å². The molecule has 0 heterocycles. The summed E-state index contributed by atoms with van der Waals surface area (Å²) in [6, 6.07) is 2.42. The Morgan fingerprint density at radius 2 is 2.40 bits per heavy atom. The maximum Gasteiger partial charge on any atom is 0.0693 e. The fourth-order valence-electron chi connectivity index (χ4n) is 2.22. The lowest BCUT2D eigenvalue weighted by atomic mass is 9.79. The molecule has 0 aromatic rings. The molecule has 10 heavy (non-hydrogen) atoms. The predicted molar refractivity (Wildman–Crippen MR) is 39.1 cm³/mol. The Hall–Kier alpha value is -0.770. The second-order valence-electron chi connectivity index (χ2n) is 3.72. The number of fused-ring (bicyclic) bond motifs is 2. The molecule has 0 radical (unpaired) electrons. The van der Waals surface area contributed by atoms with Crippen molar-refractivity contribution in [3.05, 3.63) is 12.2 Å². The molecule has 0 spiro atoms. The van der Waals surface area contributed by atoms with E-state index in [0.29, 0.717) is 5.92 Å². The molecule has 0 amide bonds. The first-order valence-corrected chi connectivity index (χ1v) is 3.84. The van der Waals surface area contributed by atoms with Crippen LogP contribution in [0.1, 0.15) is 19.8 Å². The monoisotopic (exact) mass is 133 g/mol. The van der Waals surface area contributed by atoms with Gasteiger partial charge in [0.2, 0.25) is 0 Å². The number of allylic oxidation sites excluding steroid dienone is 2. The molecule has 2 rings (SSSR count). The van der Waals surface area contributed by atoms with Crippen molar-refractivity contribution < 1.29 is 0 Å². The van der Waals surface area contributed by atoms with Crippen LogP contribution >= 0.6 is 0 Å². The highest BCUT2D eigenvalue weighted by atomic mass is 14.5. The molecular weight excluding hydrogens is 122 g/mol. The third kappa shape index (κ3) is 0.568. The van der Waals surface area contributed by atoms with Crippen molar-refractivity contribution in [2.24, 2.45) is 17.3 Å². The van der Waals surface area contributed by atoms with E-state index in [1.807, 2.05) is 0 Å². The molecule has 1 fully saturated rings. The molecule has 2 bridgehead atoms. The predicted octanol–water partition coefficient (Wildman–Crippen LogP) is 2.11. The van der Waals surface area contributed by atoms with E-state index >= 15 is 0 Å². The Bertz CT molecular complexity index is 223. The van der Waals surface area contributed by atoms with Gasteiger partial charge in [0.05, 0.1) is 11.5 Å². The summed E-state index contributed by atoms with van der Waals surface area (Å²) >= 11 is 0. The molecule has 2 aliphatic rings. The van der Waals surface area contributed by atoms with Crippen LogP contribution in [0.3, 0.4) is 0 Å². The molecule has 2 aliphatic carbocycles. The number of nitrogens with zero attached hydrogens (tertiary/aromatic N) is 1. The van der Waals surface area contributed by atoms with Gasteiger partial charge in [-0.05, 0) is 31.6 Å². The molecule has 0 aromatic carbocycles. The van der Waals surface area contributed by atoms with Crippen LogP contribution in [0.5, 0.6) is 0 Å². The van der Waals surface area contributed by atoms with E-state index in [9.17, 15) is 0 Å². The largest absolute Gasteiger partial charge is 0.198 e. The zero-order chi connectivity index (χ0) is 7.19. The van der Waals surface area contributed by atoms with Crippen LogP contribution < -0.4 is 0 Å². The van der Waals surface area contributed by atoms with Crippen LogP contribution in [0.15, 0.2) is 12.2 Å². The van der Waals surface area contributed by atoms with E-state index in [1.165, 1.54) is 6.42 Å². The van der Waals surface area contributed by atoms with Gasteiger partial charge in [-0.3, -0.25) is 0 Å². The zero-order valence-electron chi connectivity index (χ0n) is 6.17. The highest BCUT2D eigenvalue weighted by molar-refractivity contribution is 5.20. The first-order chi connectivity index (χ1) is 4.74. The summed E-state index contributed by atoms with van der Waals surface area (Å²) in [5.41, 5.74) is -0.0284. The van der Waals surface area contributed by atoms with Crippen LogP contribution in [0.4, 0.5) is 0 Å². The molecule has 0 aliphatic heterocycles. The second-order valence-corrected chi connectivity index (χ2v) is 3.72. The third-order valence-corrected chi connectivity index (χ3v) is 2.93. The lowest BCUT2D eigenvalue weighted by Gasteiger charge is -2.22. The van der Waals surface area contributed by atoms with E-state index < -0.39 is 0 Å². The minimum Gasteiger partial charge on any atom is -0.198 e. The van der Waals surface area contributed by atoms with E-state index in [2.05, 4.69) is 25.1 Å². The van der Waals surface area contributed by atoms with Gasteiger partial charge >= 0.3 is 0 Å². The van der Waals surface area contributed by atoms with E-state index in [1.54, 1.807) is 0 Å². The lowest BCUT2D eigenvalue weighted by Crippen LogP contribution is -2.18. The van der Waals surface area contributed by atoms with Crippen LogP contribution in [-0.4, -0.2) is 0 Å². The first-order valence-electron chi connectivity index (χ1n) is 3.84. The molecule has 52 valence electrons. The summed E-state index contributed by atoms with van der Waals surface area (Å²) in [6.45, 7) is 2.08. The van der Waals surface area contributed by atoms with Crippen molar-refractivity contribution >= 4 is 0 Å². The van der Waals surface area contributed by atoms with Crippen molar-refractivity contribution in [1.82, 2.24) is 0 Å². The van der Waals surface area contributed by atoms with Gasteiger partial charge in [0.1, 0.15) is 0 Å². The SMILES string of the molecule is C[C@]1(C#N)CC2C=C[C@H]1C2. The zero-order valence-corrected chi connectivity index (χ0v) is 6.17. The van der Waals surface area contributed by atoms with Crippen LogP contribution in [0.2, 0.25) is 0 Å². The second kappa shape index (κ2) is 1.63.